The highest BCUT2D eigenvalue weighted by molar-refractivity contribution is 7.88. The zero-order valence-corrected chi connectivity index (χ0v) is 16.1. The van der Waals surface area contributed by atoms with Crippen LogP contribution in [-0.4, -0.2) is 33.6 Å². The van der Waals surface area contributed by atoms with E-state index in [1.807, 2.05) is 0 Å². The smallest absolute Gasteiger partial charge is 0.465 e. The molecule has 2 aromatic rings. The van der Waals surface area contributed by atoms with Crippen LogP contribution < -0.4 is 4.18 Å². The minimum Gasteiger partial charge on any atom is -0.465 e. The van der Waals surface area contributed by atoms with Crippen LogP contribution >= 0.6 is 8.81 Å². The third kappa shape index (κ3) is 5.09. The first-order valence-corrected chi connectivity index (χ1v) is 10.1. The molecule has 0 bridgehead atoms. The molecule has 148 valence electrons. The quantitative estimate of drug-likeness (QED) is 0.220. The van der Waals surface area contributed by atoms with Crippen molar-refractivity contribution in [2.24, 2.45) is 0 Å². The molecule has 1 unspecified atom stereocenters. The predicted molar refractivity (Wildman–Crippen MR) is 94.5 cm³/mol. The Morgan fingerprint density at radius 2 is 1.89 bits per heavy atom. The van der Waals surface area contributed by atoms with E-state index in [4.69, 9.17) is 4.52 Å². The summed E-state index contributed by atoms with van der Waals surface area (Å²) in [5, 5.41) is 0.447. The van der Waals surface area contributed by atoms with Crippen molar-refractivity contribution in [3.8, 4) is 5.75 Å². The summed E-state index contributed by atoms with van der Waals surface area (Å²) < 4.78 is 75.1. The monoisotopic (exact) mass is 424 g/mol. The lowest BCUT2D eigenvalue weighted by Crippen LogP contribution is -2.28. The fourth-order valence-corrected chi connectivity index (χ4v) is 3.36. The Morgan fingerprint density at radius 1 is 1.19 bits per heavy atom. The summed E-state index contributed by atoms with van der Waals surface area (Å²) in [6, 6.07) is 6.85. The molecule has 0 aliphatic rings. The average molecular weight is 424 g/mol. The van der Waals surface area contributed by atoms with E-state index in [0.717, 1.165) is 0 Å². The van der Waals surface area contributed by atoms with Crippen molar-refractivity contribution in [1.29, 1.82) is 0 Å². The standard InChI is InChI=1S/C16H16F3O6PS/c1-3-24-26-9-10-6-12-8-11(15(20)23-2)4-5-13(12)14(7-10)25-27(21,22)16(17,18)19/h4-8,26H,3,9H2,1-2H3. The van der Waals surface area contributed by atoms with E-state index in [-0.39, 0.29) is 19.8 Å². The Morgan fingerprint density at radius 3 is 2.48 bits per heavy atom. The van der Waals surface area contributed by atoms with Gasteiger partial charge in [0.05, 0.1) is 12.7 Å². The number of carbonyl (C=O) groups is 1. The van der Waals surface area contributed by atoms with Gasteiger partial charge in [-0.25, -0.2) is 4.79 Å². The molecule has 11 heteroatoms. The van der Waals surface area contributed by atoms with E-state index in [2.05, 4.69) is 8.92 Å². The van der Waals surface area contributed by atoms with Gasteiger partial charge in [-0.1, -0.05) is 6.07 Å². The van der Waals surface area contributed by atoms with Gasteiger partial charge >= 0.3 is 21.6 Å². The van der Waals surface area contributed by atoms with Crippen LogP contribution in [0, 0.1) is 0 Å². The van der Waals surface area contributed by atoms with Gasteiger partial charge < -0.3 is 13.4 Å². The van der Waals surface area contributed by atoms with Gasteiger partial charge in [0.15, 0.2) is 5.75 Å². The molecular weight excluding hydrogens is 408 g/mol. The van der Waals surface area contributed by atoms with Gasteiger partial charge in [-0.15, -0.1) is 0 Å². The second kappa shape index (κ2) is 8.41. The van der Waals surface area contributed by atoms with Gasteiger partial charge in [-0.05, 0) is 42.1 Å². The number of hydrogen-bond acceptors (Lipinski definition) is 6. The second-order valence-corrected chi connectivity index (χ2v) is 7.73. The average Bonchev–Trinajstić information content (AvgIpc) is 2.59. The summed E-state index contributed by atoms with van der Waals surface area (Å²) in [5.41, 5.74) is -4.89. The molecule has 0 aromatic heterocycles. The van der Waals surface area contributed by atoms with Gasteiger partial charge in [0.1, 0.15) is 0 Å². The molecule has 2 rings (SSSR count). The number of carbonyl (C=O) groups excluding carboxylic acids is 1. The van der Waals surface area contributed by atoms with Gasteiger partial charge in [0.25, 0.3) is 0 Å². The van der Waals surface area contributed by atoms with Crippen LogP contribution in [0.3, 0.4) is 0 Å². The van der Waals surface area contributed by atoms with Crippen LogP contribution in [-0.2, 0) is 25.5 Å². The normalized spacial score (nSPS) is 12.6. The number of hydrogen-bond donors (Lipinski definition) is 0. The number of halogens is 3. The van der Waals surface area contributed by atoms with Crippen molar-refractivity contribution in [3.63, 3.8) is 0 Å². The summed E-state index contributed by atoms with van der Waals surface area (Å²) >= 11 is 0. The number of alkyl halides is 3. The van der Waals surface area contributed by atoms with E-state index in [1.165, 1.54) is 31.4 Å². The Bertz CT molecular complexity index is 943. The summed E-state index contributed by atoms with van der Waals surface area (Å²) in [6.45, 7) is 2.25. The zero-order chi connectivity index (χ0) is 20.2. The number of benzene rings is 2. The lowest BCUT2D eigenvalue weighted by atomic mass is 10.0. The molecule has 2 aromatic carbocycles. The van der Waals surface area contributed by atoms with E-state index in [9.17, 15) is 26.4 Å². The van der Waals surface area contributed by atoms with Crippen molar-refractivity contribution >= 4 is 35.7 Å². The number of fused-ring (bicyclic) bond motifs is 1. The van der Waals surface area contributed by atoms with Crippen LogP contribution in [0.2, 0.25) is 0 Å². The molecule has 0 radical (unpaired) electrons. The first-order chi connectivity index (χ1) is 12.6. The SMILES string of the molecule is CCOPCc1cc(OS(=O)(=O)C(F)(F)F)c2ccc(C(=O)OC)cc2c1. The van der Waals surface area contributed by atoms with Gasteiger partial charge in [-0.2, -0.15) is 21.6 Å². The van der Waals surface area contributed by atoms with Crippen molar-refractivity contribution in [2.75, 3.05) is 13.7 Å². The Kier molecular flexibility index (Phi) is 6.67. The van der Waals surface area contributed by atoms with Crippen molar-refractivity contribution in [2.45, 2.75) is 18.6 Å². The van der Waals surface area contributed by atoms with Crippen LogP contribution in [0.25, 0.3) is 10.8 Å². The molecule has 6 nitrogen and oxygen atoms in total. The fraction of sp³-hybridized carbons (Fsp3) is 0.312. The molecule has 0 fully saturated rings. The maximum absolute atomic E-state index is 12.7. The molecule has 0 saturated heterocycles. The van der Waals surface area contributed by atoms with Gasteiger partial charge in [-0.3, -0.25) is 0 Å². The highest BCUT2D eigenvalue weighted by Gasteiger charge is 2.48. The number of esters is 1. The summed E-state index contributed by atoms with van der Waals surface area (Å²) in [7, 11) is -4.62. The van der Waals surface area contributed by atoms with E-state index in [0.29, 0.717) is 23.7 Å². The predicted octanol–water partition coefficient (Wildman–Crippen LogP) is 3.98. The Labute approximate surface area is 155 Å². The zero-order valence-electron chi connectivity index (χ0n) is 14.3. The van der Waals surface area contributed by atoms with Gasteiger partial charge in [0.2, 0.25) is 0 Å². The second-order valence-electron chi connectivity index (χ2n) is 5.26. The minimum absolute atomic E-state index is 0.0281. The van der Waals surface area contributed by atoms with Crippen molar-refractivity contribution in [1.82, 2.24) is 0 Å². The highest BCUT2D eigenvalue weighted by Crippen LogP contribution is 2.35. The number of ether oxygens (including phenoxy) is 1. The Balaban J connectivity index is 2.56. The summed E-state index contributed by atoms with van der Waals surface area (Å²) in [6.07, 6.45) is 0.342. The highest BCUT2D eigenvalue weighted by atomic mass is 32.2. The van der Waals surface area contributed by atoms with E-state index in [1.54, 1.807) is 13.0 Å². The van der Waals surface area contributed by atoms with Crippen LogP contribution in [0.5, 0.6) is 5.75 Å². The minimum atomic E-state index is -5.84. The molecule has 0 N–H and O–H groups in total. The van der Waals surface area contributed by atoms with E-state index < -0.39 is 27.3 Å². The molecule has 1 atom stereocenters. The fourth-order valence-electron chi connectivity index (χ4n) is 2.21. The maximum Gasteiger partial charge on any atom is 0.534 e. The lowest BCUT2D eigenvalue weighted by molar-refractivity contribution is -0.0499. The number of rotatable bonds is 7. The molecule has 0 saturated carbocycles. The Hall–Kier alpha value is -1.90. The maximum atomic E-state index is 12.7. The topological polar surface area (TPSA) is 78.9 Å². The molecule has 0 spiro atoms. The van der Waals surface area contributed by atoms with E-state index >= 15 is 0 Å². The largest absolute Gasteiger partial charge is 0.534 e. The first-order valence-electron chi connectivity index (χ1n) is 7.59. The van der Waals surface area contributed by atoms with Crippen molar-refractivity contribution < 1.29 is 39.8 Å². The van der Waals surface area contributed by atoms with Crippen LogP contribution in [0.4, 0.5) is 13.2 Å². The number of methoxy groups -OCH3 is 1. The molecular formula is C16H16F3O6PS. The van der Waals surface area contributed by atoms with Crippen molar-refractivity contribution in [3.05, 3.63) is 41.5 Å². The summed E-state index contributed by atoms with van der Waals surface area (Å²) in [4.78, 5) is 11.7. The molecule has 0 heterocycles. The lowest BCUT2D eigenvalue weighted by Gasteiger charge is -2.14. The molecule has 0 amide bonds. The summed E-state index contributed by atoms with van der Waals surface area (Å²) in [5.74, 6) is -1.11. The van der Waals surface area contributed by atoms with Gasteiger partial charge in [0, 0.05) is 27.0 Å². The third-order valence-electron chi connectivity index (χ3n) is 3.40. The molecule has 27 heavy (non-hydrogen) atoms. The van der Waals surface area contributed by atoms with Crippen LogP contribution in [0.1, 0.15) is 22.8 Å². The first kappa shape index (κ1) is 21.4. The molecule has 0 aliphatic heterocycles. The third-order valence-corrected chi connectivity index (χ3v) is 5.41. The molecule has 0 aliphatic carbocycles. The van der Waals surface area contributed by atoms with Crippen LogP contribution in [0.15, 0.2) is 30.3 Å².